The third-order valence-electron chi connectivity index (χ3n) is 7.00. The van der Waals surface area contributed by atoms with Gasteiger partial charge in [-0.3, -0.25) is 9.88 Å². The molecule has 0 saturated carbocycles. The number of hydrogen-bond donors (Lipinski definition) is 2. The summed E-state index contributed by atoms with van der Waals surface area (Å²) in [6, 6.07) is 18.4. The van der Waals surface area contributed by atoms with E-state index >= 15 is 0 Å². The predicted octanol–water partition coefficient (Wildman–Crippen LogP) is 3.56. The molecule has 4 heterocycles. The first kappa shape index (κ1) is 24.5. The molecule has 2 N–H and O–H groups in total. The highest BCUT2D eigenvalue weighted by molar-refractivity contribution is 5.93. The average Bonchev–Trinajstić information content (AvgIpc) is 2.98. The first-order valence-corrected chi connectivity index (χ1v) is 13.3. The Labute approximate surface area is 222 Å². The molecule has 0 radical (unpaired) electrons. The fourth-order valence-corrected chi connectivity index (χ4v) is 4.90. The van der Waals surface area contributed by atoms with Crippen LogP contribution in [0.3, 0.4) is 0 Å². The summed E-state index contributed by atoms with van der Waals surface area (Å²) in [5.41, 5.74) is 4.80. The molecule has 38 heavy (non-hydrogen) atoms. The van der Waals surface area contributed by atoms with Gasteiger partial charge in [0.2, 0.25) is 5.95 Å². The second-order valence-electron chi connectivity index (χ2n) is 9.53. The fraction of sp³-hybridized carbons (Fsp3) is 0.345. The largest absolute Gasteiger partial charge is 0.492 e. The minimum absolute atomic E-state index is 0.554. The summed E-state index contributed by atoms with van der Waals surface area (Å²) in [6.07, 6.45) is 3.64. The molecule has 4 aromatic rings. The number of nitrogens with zero attached hydrogens (tertiary/aromatic N) is 5. The van der Waals surface area contributed by atoms with E-state index in [2.05, 4.69) is 54.7 Å². The number of nitrogens with one attached hydrogen (secondary N) is 2. The van der Waals surface area contributed by atoms with E-state index in [1.165, 1.54) is 5.69 Å². The Morgan fingerprint density at radius 3 is 2.63 bits per heavy atom. The van der Waals surface area contributed by atoms with Crippen LogP contribution in [0.15, 0.2) is 67.0 Å². The Morgan fingerprint density at radius 2 is 1.79 bits per heavy atom. The molecule has 2 fully saturated rings. The molecule has 2 aliphatic heterocycles. The zero-order valence-electron chi connectivity index (χ0n) is 21.5. The molecule has 2 aliphatic rings. The van der Waals surface area contributed by atoms with Crippen molar-refractivity contribution in [3.05, 3.63) is 67.0 Å². The van der Waals surface area contributed by atoms with E-state index < -0.39 is 0 Å². The monoisotopic (exact) mass is 511 g/mol. The molecule has 2 aromatic heterocycles. The minimum atomic E-state index is 0.554. The molecule has 0 atom stereocenters. The average molecular weight is 512 g/mol. The van der Waals surface area contributed by atoms with Gasteiger partial charge in [0, 0.05) is 86.6 Å². The maximum absolute atomic E-state index is 6.06. The van der Waals surface area contributed by atoms with Crippen LogP contribution >= 0.6 is 0 Å². The van der Waals surface area contributed by atoms with Crippen LogP contribution in [0.5, 0.6) is 5.75 Å². The number of fused-ring (bicyclic) bond motifs is 1. The molecule has 0 bridgehead atoms. The topological polar surface area (TPSA) is 87.7 Å². The van der Waals surface area contributed by atoms with Crippen molar-refractivity contribution in [3.8, 4) is 17.0 Å². The molecule has 0 unspecified atom stereocenters. The number of rotatable bonds is 8. The lowest BCUT2D eigenvalue weighted by Crippen LogP contribution is -2.43. The Kier molecular flexibility index (Phi) is 7.57. The van der Waals surface area contributed by atoms with Crippen LogP contribution < -0.4 is 20.3 Å². The lowest BCUT2D eigenvalue weighted by atomic mass is 10.1. The van der Waals surface area contributed by atoms with Gasteiger partial charge in [0.1, 0.15) is 12.4 Å². The highest BCUT2D eigenvalue weighted by Crippen LogP contribution is 2.29. The second-order valence-corrected chi connectivity index (χ2v) is 9.53. The van der Waals surface area contributed by atoms with Gasteiger partial charge in [-0.15, -0.1) is 0 Å². The van der Waals surface area contributed by atoms with Crippen LogP contribution in [0.4, 0.5) is 17.3 Å². The normalized spacial score (nSPS) is 16.5. The van der Waals surface area contributed by atoms with Gasteiger partial charge in [0.25, 0.3) is 0 Å². The zero-order chi connectivity index (χ0) is 25.6. The van der Waals surface area contributed by atoms with E-state index in [1.54, 1.807) is 6.20 Å². The zero-order valence-corrected chi connectivity index (χ0v) is 21.5. The van der Waals surface area contributed by atoms with Crippen molar-refractivity contribution in [2.24, 2.45) is 0 Å². The van der Waals surface area contributed by atoms with E-state index in [0.717, 1.165) is 92.6 Å². The summed E-state index contributed by atoms with van der Waals surface area (Å²) >= 11 is 0. The van der Waals surface area contributed by atoms with E-state index in [0.29, 0.717) is 12.6 Å². The van der Waals surface area contributed by atoms with Gasteiger partial charge in [0.15, 0.2) is 0 Å². The number of morpholine rings is 1. The molecule has 2 aromatic carbocycles. The molecule has 9 heteroatoms. The van der Waals surface area contributed by atoms with Gasteiger partial charge in [-0.05, 0) is 30.3 Å². The summed E-state index contributed by atoms with van der Waals surface area (Å²) < 4.78 is 11.5. The number of benzene rings is 2. The molecule has 2 saturated heterocycles. The van der Waals surface area contributed by atoms with Crippen molar-refractivity contribution in [3.63, 3.8) is 0 Å². The molecule has 196 valence electrons. The number of pyridine rings is 1. The van der Waals surface area contributed by atoms with Gasteiger partial charge in [-0.25, -0.2) is 9.97 Å². The summed E-state index contributed by atoms with van der Waals surface area (Å²) in [5, 5.41) is 7.72. The number of para-hydroxylation sites is 1. The van der Waals surface area contributed by atoms with Gasteiger partial charge < -0.3 is 25.0 Å². The van der Waals surface area contributed by atoms with Gasteiger partial charge in [-0.1, -0.05) is 18.2 Å². The van der Waals surface area contributed by atoms with Crippen LogP contribution in [0.2, 0.25) is 0 Å². The molecule has 0 spiro atoms. The van der Waals surface area contributed by atoms with Crippen molar-refractivity contribution in [1.29, 1.82) is 0 Å². The van der Waals surface area contributed by atoms with E-state index in [4.69, 9.17) is 14.5 Å². The van der Waals surface area contributed by atoms with Crippen molar-refractivity contribution in [2.75, 3.05) is 75.9 Å². The molecule has 9 nitrogen and oxygen atoms in total. The number of ether oxygens (including phenoxy) is 2. The van der Waals surface area contributed by atoms with Crippen molar-refractivity contribution >= 4 is 28.2 Å². The quantitative estimate of drug-likeness (QED) is 0.369. The minimum Gasteiger partial charge on any atom is -0.492 e. The predicted molar refractivity (Wildman–Crippen MR) is 150 cm³/mol. The summed E-state index contributed by atoms with van der Waals surface area (Å²) in [5.74, 6) is 1.36. The smallest absolute Gasteiger partial charge is 0.227 e. The summed E-state index contributed by atoms with van der Waals surface area (Å²) in [6.45, 7) is 9.10. The number of piperazine rings is 1. The summed E-state index contributed by atoms with van der Waals surface area (Å²) in [7, 11) is 0. The standard InChI is InChI=1S/C29H33N7O2/c1-2-22-21-32-29(33-23-4-6-24(7-5-23)36-12-10-30-11-13-36)34-28(22)26(3-1)27-20-25(8-9-31-27)38-19-16-35-14-17-37-18-15-35/h1-9,20-21,30H,10-19H2,(H,32,33,34). The SMILES string of the molecule is c1cc(-c2cc(OCCN3CCOCC3)ccn2)c2nc(Nc3ccc(N4CCNCC4)cc3)ncc2c1. The van der Waals surface area contributed by atoms with E-state index in [-0.39, 0.29) is 0 Å². The molecule has 0 amide bonds. The van der Waals surface area contributed by atoms with Crippen molar-refractivity contribution < 1.29 is 9.47 Å². The lowest BCUT2D eigenvalue weighted by molar-refractivity contribution is 0.0322. The van der Waals surface area contributed by atoms with E-state index in [1.807, 2.05) is 36.5 Å². The van der Waals surface area contributed by atoms with Gasteiger partial charge in [0.05, 0.1) is 24.4 Å². The first-order chi connectivity index (χ1) is 18.8. The van der Waals surface area contributed by atoms with Crippen molar-refractivity contribution in [2.45, 2.75) is 0 Å². The first-order valence-electron chi connectivity index (χ1n) is 13.3. The van der Waals surface area contributed by atoms with Crippen LogP contribution in [-0.2, 0) is 4.74 Å². The Balaban J connectivity index is 1.17. The van der Waals surface area contributed by atoms with Gasteiger partial charge >= 0.3 is 0 Å². The Morgan fingerprint density at radius 1 is 0.947 bits per heavy atom. The maximum Gasteiger partial charge on any atom is 0.227 e. The highest BCUT2D eigenvalue weighted by atomic mass is 16.5. The van der Waals surface area contributed by atoms with Crippen LogP contribution in [0.25, 0.3) is 22.2 Å². The highest BCUT2D eigenvalue weighted by Gasteiger charge is 2.13. The van der Waals surface area contributed by atoms with Crippen LogP contribution in [0.1, 0.15) is 0 Å². The fourth-order valence-electron chi connectivity index (χ4n) is 4.90. The second kappa shape index (κ2) is 11.7. The van der Waals surface area contributed by atoms with Crippen molar-refractivity contribution in [1.82, 2.24) is 25.2 Å². The summed E-state index contributed by atoms with van der Waals surface area (Å²) in [4.78, 5) is 18.8. The number of anilines is 3. The molecule has 0 aliphatic carbocycles. The van der Waals surface area contributed by atoms with Gasteiger partial charge in [-0.2, -0.15) is 0 Å². The molecular weight excluding hydrogens is 478 g/mol. The lowest BCUT2D eigenvalue weighted by Gasteiger charge is -2.29. The number of aromatic nitrogens is 3. The van der Waals surface area contributed by atoms with Crippen LogP contribution in [-0.4, -0.2) is 85.5 Å². The number of hydrogen-bond acceptors (Lipinski definition) is 9. The molecule has 6 rings (SSSR count). The molecular formula is C29H33N7O2. The van der Waals surface area contributed by atoms with Crippen LogP contribution in [0, 0.1) is 0 Å². The third kappa shape index (κ3) is 5.85. The third-order valence-corrected chi connectivity index (χ3v) is 7.00. The van der Waals surface area contributed by atoms with E-state index in [9.17, 15) is 0 Å². The Hall–Kier alpha value is -3.79. The Bertz CT molecular complexity index is 1350. The maximum atomic E-state index is 6.06.